The van der Waals surface area contributed by atoms with Gasteiger partial charge in [0.25, 0.3) is 5.91 Å². The summed E-state index contributed by atoms with van der Waals surface area (Å²) in [7, 11) is 0. The van der Waals surface area contributed by atoms with Crippen molar-refractivity contribution in [2.24, 2.45) is 5.92 Å². The maximum atomic E-state index is 11.7. The van der Waals surface area contributed by atoms with Crippen LogP contribution in [0.25, 0.3) is 0 Å². The molecule has 3 N–H and O–H groups in total. The van der Waals surface area contributed by atoms with E-state index in [1.807, 2.05) is 13.8 Å². The van der Waals surface area contributed by atoms with E-state index in [1.54, 1.807) is 18.3 Å². The molecule has 1 atom stereocenters. The van der Waals surface area contributed by atoms with Crippen LogP contribution in [0.2, 0.25) is 0 Å². The first-order chi connectivity index (χ1) is 7.50. The molecule has 0 saturated heterocycles. The van der Waals surface area contributed by atoms with Crippen LogP contribution in [-0.2, 0) is 4.79 Å². The van der Waals surface area contributed by atoms with Gasteiger partial charge in [0.2, 0.25) is 0 Å². The van der Waals surface area contributed by atoms with Crippen LogP contribution in [0.15, 0.2) is 18.3 Å². The van der Waals surface area contributed by atoms with E-state index in [9.17, 15) is 9.59 Å². The van der Waals surface area contributed by atoms with E-state index in [1.165, 1.54) is 0 Å². The van der Waals surface area contributed by atoms with Crippen molar-refractivity contribution in [1.29, 1.82) is 0 Å². The van der Waals surface area contributed by atoms with Gasteiger partial charge in [-0.25, -0.2) is 0 Å². The topological polar surface area (TPSA) is 82.2 Å². The molecule has 5 heteroatoms. The Balaban J connectivity index is 2.61. The maximum Gasteiger partial charge on any atom is 0.305 e. The molecule has 0 spiro atoms. The number of rotatable bonds is 5. The van der Waals surface area contributed by atoms with Gasteiger partial charge in [-0.3, -0.25) is 9.59 Å². The second-order valence-corrected chi connectivity index (χ2v) is 4.01. The molecule has 1 rings (SSSR count). The van der Waals surface area contributed by atoms with Crippen molar-refractivity contribution < 1.29 is 14.7 Å². The highest BCUT2D eigenvalue weighted by Crippen LogP contribution is 2.07. The monoisotopic (exact) mass is 224 g/mol. The van der Waals surface area contributed by atoms with Crippen molar-refractivity contribution in [2.75, 3.05) is 0 Å². The molecule has 0 fully saturated rings. The number of carboxylic acids is 1. The van der Waals surface area contributed by atoms with Gasteiger partial charge in [-0.1, -0.05) is 13.8 Å². The number of hydrogen-bond acceptors (Lipinski definition) is 2. The number of aliphatic carboxylic acids is 1. The largest absolute Gasteiger partial charge is 0.481 e. The lowest BCUT2D eigenvalue weighted by molar-refractivity contribution is -0.137. The fourth-order valence-corrected chi connectivity index (χ4v) is 1.36. The Hall–Kier alpha value is -1.78. The van der Waals surface area contributed by atoms with Crippen molar-refractivity contribution in [1.82, 2.24) is 10.3 Å². The zero-order chi connectivity index (χ0) is 12.1. The van der Waals surface area contributed by atoms with Gasteiger partial charge < -0.3 is 15.4 Å². The third kappa shape index (κ3) is 3.42. The quantitative estimate of drug-likeness (QED) is 0.703. The van der Waals surface area contributed by atoms with Gasteiger partial charge in [0.15, 0.2) is 0 Å². The van der Waals surface area contributed by atoms with Gasteiger partial charge in [0.1, 0.15) is 5.69 Å². The lowest BCUT2D eigenvalue weighted by Crippen LogP contribution is -2.40. The highest BCUT2D eigenvalue weighted by Gasteiger charge is 2.20. The molecule has 0 radical (unpaired) electrons. The Bertz CT molecular complexity index is 357. The minimum Gasteiger partial charge on any atom is -0.481 e. The van der Waals surface area contributed by atoms with Crippen LogP contribution < -0.4 is 5.32 Å². The molecule has 1 aromatic heterocycles. The van der Waals surface area contributed by atoms with Gasteiger partial charge >= 0.3 is 5.97 Å². The van der Waals surface area contributed by atoms with Crippen LogP contribution in [0.4, 0.5) is 0 Å². The van der Waals surface area contributed by atoms with E-state index in [2.05, 4.69) is 10.3 Å². The zero-order valence-corrected chi connectivity index (χ0v) is 9.36. The Morgan fingerprint density at radius 3 is 2.62 bits per heavy atom. The second-order valence-electron chi connectivity index (χ2n) is 4.01. The lowest BCUT2D eigenvalue weighted by Gasteiger charge is -2.20. The van der Waals surface area contributed by atoms with Gasteiger partial charge in [-0.05, 0) is 18.1 Å². The Labute approximate surface area is 93.9 Å². The van der Waals surface area contributed by atoms with Crippen LogP contribution in [0.5, 0.6) is 0 Å². The van der Waals surface area contributed by atoms with E-state index in [0.717, 1.165) is 0 Å². The standard InChI is InChI=1S/C11H16N2O3/c1-7(2)9(6-10(14)15)13-11(16)8-4-3-5-12-8/h3-5,7,9,12H,6H2,1-2H3,(H,13,16)(H,14,15). The van der Waals surface area contributed by atoms with Crippen molar-refractivity contribution in [3.8, 4) is 0 Å². The van der Waals surface area contributed by atoms with E-state index < -0.39 is 5.97 Å². The van der Waals surface area contributed by atoms with Crippen molar-refractivity contribution in [3.63, 3.8) is 0 Å². The third-order valence-corrected chi connectivity index (χ3v) is 2.36. The molecule has 0 bridgehead atoms. The van der Waals surface area contributed by atoms with Gasteiger partial charge in [-0.2, -0.15) is 0 Å². The molecule has 88 valence electrons. The Morgan fingerprint density at radius 2 is 2.19 bits per heavy atom. The van der Waals surface area contributed by atoms with Gasteiger partial charge in [0, 0.05) is 12.2 Å². The van der Waals surface area contributed by atoms with Crippen LogP contribution >= 0.6 is 0 Å². The summed E-state index contributed by atoms with van der Waals surface area (Å²) in [5.41, 5.74) is 0.441. The molecule has 1 unspecified atom stereocenters. The SMILES string of the molecule is CC(C)C(CC(=O)O)NC(=O)c1ccc[nH]1. The van der Waals surface area contributed by atoms with E-state index >= 15 is 0 Å². The molecule has 16 heavy (non-hydrogen) atoms. The number of hydrogen-bond donors (Lipinski definition) is 3. The van der Waals surface area contributed by atoms with Crippen LogP contribution in [0.3, 0.4) is 0 Å². The predicted molar refractivity (Wildman–Crippen MR) is 59.1 cm³/mol. The Morgan fingerprint density at radius 1 is 1.50 bits per heavy atom. The van der Waals surface area contributed by atoms with E-state index in [-0.39, 0.29) is 24.3 Å². The van der Waals surface area contributed by atoms with Crippen molar-refractivity contribution in [2.45, 2.75) is 26.3 Å². The van der Waals surface area contributed by atoms with Crippen LogP contribution in [0.1, 0.15) is 30.8 Å². The molecule has 0 saturated carbocycles. The summed E-state index contributed by atoms with van der Waals surface area (Å²) in [5, 5.41) is 11.4. The molecular formula is C11H16N2O3. The highest BCUT2D eigenvalue weighted by atomic mass is 16.4. The zero-order valence-electron chi connectivity index (χ0n) is 9.36. The summed E-state index contributed by atoms with van der Waals surface area (Å²) in [6.45, 7) is 3.76. The highest BCUT2D eigenvalue weighted by molar-refractivity contribution is 5.92. The molecule has 0 aromatic carbocycles. The molecule has 5 nitrogen and oxygen atoms in total. The van der Waals surface area contributed by atoms with E-state index in [0.29, 0.717) is 5.69 Å². The fourth-order valence-electron chi connectivity index (χ4n) is 1.36. The number of carbonyl (C=O) groups is 2. The molecule has 1 amide bonds. The molecule has 0 aliphatic rings. The summed E-state index contributed by atoms with van der Waals surface area (Å²) >= 11 is 0. The summed E-state index contributed by atoms with van der Waals surface area (Å²) in [4.78, 5) is 25.1. The second kappa shape index (κ2) is 5.34. The first kappa shape index (κ1) is 12.3. The molecular weight excluding hydrogens is 208 g/mol. The minimum absolute atomic E-state index is 0.0654. The lowest BCUT2D eigenvalue weighted by atomic mass is 10.0. The number of aromatic nitrogens is 1. The molecule has 0 aliphatic carbocycles. The summed E-state index contributed by atoms with van der Waals surface area (Å²) in [6, 6.07) is 3.01. The average molecular weight is 224 g/mol. The smallest absolute Gasteiger partial charge is 0.305 e. The first-order valence-electron chi connectivity index (χ1n) is 5.16. The fraction of sp³-hybridized carbons (Fsp3) is 0.455. The van der Waals surface area contributed by atoms with Crippen molar-refractivity contribution >= 4 is 11.9 Å². The normalized spacial score (nSPS) is 12.4. The molecule has 1 aromatic rings. The molecule has 0 aliphatic heterocycles. The minimum atomic E-state index is -0.912. The number of aromatic amines is 1. The molecule has 1 heterocycles. The average Bonchev–Trinajstić information content (AvgIpc) is 2.68. The van der Waals surface area contributed by atoms with Gasteiger partial charge in [-0.15, -0.1) is 0 Å². The van der Waals surface area contributed by atoms with E-state index in [4.69, 9.17) is 5.11 Å². The summed E-state index contributed by atoms with van der Waals surface area (Å²) in [5.74, 6) is -1.11. The Kier molecular flexibility index (Phi) is 4.10. The summed E-state index contributed by atoms with van der Waals surface area (Å²) in [6.07, 6.45) is 1.58. The number of H-pyrrole nitrogens is 1. The predicted octanol–water partition coefficient (Wildman–Crippen LogP) is 1.24. The van der Waals surface area contributed by atoms with Crippen LogP contribution in [-0.4, -0.2) is 28.0 Å². The maximum absolute atomic E-state index is 11.7. The number of carbonyl (C=O) groups excluding carboxylic acids is 1. The number of carboxylic acid groups (broad SMARTS) is 1. The summed E-state index contributed by atoms with van der Waals surface area (Å²) < 4.78 is 0. The first-order valence-corrected chi connectivity index (χ1v) is 5.16. The van der Waals surface area contributed by atoms with Crippen molar-refractivity contribution in [3.05, 3.63) is 24.0 Å². The van der Waals surface area contributed by atoms with Gasteiger partial charge in [0.05, 0.1) is 6.42 Å². The number of amides is 1. The van der Waals surface area contributed by atoms with Crippen LogP contribution in [0, 0.1) is 5.92 Å². The third-order valence-electron chi connectivity index (χ3n) is 2.36. The number of nitrogens with one attached hydrogen (secondary N) is 2.